The van der Waals surface area contributed by atoms with Gasteiger partial charge in [0, 0.05) is 53.3 Å². The van der Waals surface area contributed by atoms with Crippen molar-refractivity contribution >= 4 is 51.4 Å². The number of hydrogen-bond donors (Lipinski definition) is 3. The normalized spacial score (nSPS) is 23.7. The van der Waals surface area contributed by atoms with Gasteiger partial charge in [-0.3, -0.25) is 19.2 Å². The zero-order valence-corrected chi connectivity index (χ0v) is 23.1. The molecule has 10 nitrogen and oxygen atoms in total. The summed E-state index contributed by atoms with van der Waals surface area (Å²) in [4.78, 5) is 56.3. The van der Waals surface area contributed by atoms with E-state index in [1.165, 1.54) is 30.6 Å². The number of aromatic amines is 1. The van der Waals surface area contributed by atoms with E-state index in [4.69, 9.17) is 22.2 Å². The first-order chi connectivity index (χ1) is 18.1. The number of likely N-dealkylation sites (N-methyl/N-ethyl adjacent to an activating group) is 1. The SMILES string of the molecule is CON(C)C(=O)C1CCC(N)(C(=O)c2cc3cc(Cl)ccc3[nH]2)C(NC(=O)c2nc3c(s2)CN(C)CC3)C1. The molecule has 1 fully saturated rings. The van der Waals surface area contributed by atoms with Gasteiger partial charge in [0.15, 0.2) is 5.01 Å². The quantitative estimate of drug-likeness (QED) is 0.313. The van der Waals surface area contributed by atoms with Crippen LogP contribution in [0.1, 0.15) is 50.1 Å². The molecule has 2 aliphatic rings. The van der Waals surface area contributed by atoms with E-state index in [2.05, 4.69) is 20.2 Å². The summed E-state index contributed by atoms with van der Waals surface area (Å²) in [5.41, 5.74) is 7.44. The zero-order valence-electron chi connectivity index (χ0n) is 21.5. The maximum Gasteiger partial charge on any atom is 0.280 e. The lowest BCUT2D eigenvalue weighted by Gasteiger charge is -2.43. The Balaban J connectivity index is 1.44. The Kier molecular flexibility index (Phi) is 7.31. The Morgan fingerprint density at radius 2 is 2.13 bits per heavy atom. The number of nitrogens with two attached hydrogens (primary N) is 1. The summed E-state index contributed by atoms with van der Waals surface area (Å²) in [5, 5.41) is 5.83. The second-order valence-electron chi connectivity index (χ2n) is 10.2. The molecule has 2 amide bonds. The van der Waals surface area contributed by atoms with Gasteiger partial charge in [-0.05, 0) is 50.6 Å². The fourth-order valence-electron chi connectivity index (χ4n) is 5.35. The average Bonchev–Trinajstić information content (AvgIpc) is 3.52. The van der Waals surface area contributed by atoms with E-state index in [9.17, 15) is 14.4 Å². The number of rotatable bonds is 6. The van der Waals surface area contributed by atoms with Crippen LogP contribution in [0.4, 0.5) is 0 Å². The van der Waals surface area contributed by atoms with Gasteiger partial charge in [-0.1, -0.05) is 11.6 Å². The molecule has 4 N–H and O–H groups in total. The number of hydroxylamine groups is 2. The number of fused-ring (bicyclic) bond motifs is 2. The van der Waals surface area contributed by atoms with E-state index in [0.717, 1.165) is 41.0 Å². The molecule has 12 heteroatoms. The molecule has 0 radical (unpaired) electrons. The van der Waals surface area contributed by atoms with Crippen molar-refractivity contribution in [1.29, 1.82) is 0 Å². The largest absolute Gasteiger partial charge is 0.352 e. The first-order valence-corrected chi connectivity index (χ1v) is 13.7. The fourth-order valence-corrected chi connectivity index (χ4v) is 6.62. The summed E-state index contributed by atoms with van der Waals surface area (Å²) >= 11 is 7.48. The monoisotopic (exact) mass is 558 g/mol. The van der Waals surface area contributed by atoms with Crippen molar-refractivity contribution in [3.05, 3.63) is 50.6 Å². The molecule has 1 aliphatic carbocycles. The second-order valence-corrected chi connectivity index (χ2v) is 11.7. The highest BCUT2D eigenvalue weighted by molar-refractivity contribution is 7.13. The highest BCUT2D eigenvalue weighted by atomic mass is 35.5. The smallest absolute Gasteiger partial charge is 0.280 e. The number of halogens is 1. The predicted molar refractivity (Wildman–Crippen MR) is 145 cm³/mol. The molecule has 0 spiro atoms. The van der Waals surface area contributed by atoms with E-state index in [1.54, 1.807) is 24.3 Å². The zero-order chi connectivity index (χ0) is 27.2. The molecule has 38 heavy (non-hydrogen) atoms. The lowest BCUT2D eigenvalue weighted by molar-refractivity contribution is -0.175. The first-order valence-electron chi connectivity index (χ1n) is 12.5. The van der Waals surface area contributed by atoms with E-state index in [1.807, 2.05) is 7.05 Å². The van der Waals surface area contributed by atoms with Crippen LogP contribution in [0.2, 0.25) is 5.02 Å². The van der Waals surface area contributed by atoms with Crippen LogP contribution in [-0.4, -0.2) is 76.9 Å². The summed E-state index contributed by atoms with van der Waals surface area (Å²) in [6.45, 7) is 1.63. The van der Waals surface area contributed by atoms with Crippen LogP contribution >= 0.6 is 22.9 Å². The molecule has 0 saturated heterocycles. The highest BCUT2D eigenvalue weighted by Gasteiger charge is 2.49. The van der Waals surface area contributed by atoms with Crippen LogP contribution in [-0.2, 0) is 22.6 Å². The Labute approximate surface area is 229 Å². The number of nitrogens with one attached hydrogen (secondary N) is 2. The van der Waals surface area contributed by atoms with Crippen LogP contribution in [0, 0.1) is 5.92 Å². The number of carbonyl (C=O) groups excluding carboxylic acids is 3. The number of thiazole rings is 1. The summed E-state index contributed by atoms with van der Waals surface area (Å²) in [6.07, 6.45) is 1.56. The van der Waals surface area contributed by atoms with E-state index >= 15 is 0 Å². The Morgan fingerprint density at radius 1 is 1.34 bits per heavy atom. The van der Waals surface area contributed by atoms with Crippen molar-refractivity contribution in [2.45, 2.75) is 43.8 Å². The number of hydrogen-bond acceptors (Lipinski definition) is 8. The van der Waals surface area contributed by atoms with Gasteiger partial charge < -0.3 is 20.9 Å². The molecule has 202 valence electrons. The average molecular weight is 559 g/mol. The molecule has 3 aromatic rings. The van der Waals surface area contributed by atoms with Gasteiger partial charge in [0.1, 0.15) is 5.54 Å². The van der Waals surface area contributed by atoms with Crippen LogP contribution in [0.5, 0.6) is 0 Å². The minimum atomic E-state index is -1.43. The van der Waals surface area contributed by atoms with Crippen molar-refractivity contribution in [2.75, 3.05) is 27.7 Å². The first kappa shape index (κ1) is 26.8. The van der Waals surface area contributed by atoms with Crippen LogP contribution in [0.3, 0.4) is 0 Å². The van der Waals surface area contributed by atoms with Crippen molar-refractivity contribution in [3.63, 3.8) is 0 Å². The van der Waals surface area contributed by atoms with Gasteiger partial charge in [0.2, 0.25) is 11.7 Å². The predicted octanol–water partition coefficient (Wildman–Crippen LogP) is 2.76. The van der Waals surface area contributed by atoms with Gasteiger partial charge in [-0.2, -0.15) is 0 Å². The number of aromatic nitrogens is 2. The number of benzene rings is 1. The van der Waals surface area contributed by atoms with Gasteiger partial charge in [-0.25, -0.2) is 10.0 Å². The van der Waals surface area contributed by atoms with Crippen LogP contribution in [0.15, 0.2) is 24.3 Å². The maximum absolute atomic E-state index is 13.9. The molecule has 3 atom stereocenters. The van der Waals surface area contributed by atoms with Crippen molar-refractivity contribution < 1.29 is 19.2 Å². The molecular weight excluding hydrogens is 528 g/mol. The van der Waals surface area contributed by atoms with Gasteiger partial charge in [0.05, 0.1) is 24.5 Å². The Bertz CT molecular complexity index is 1410. The molecule has 0 bridgehead atoms. The van der Waals surface area contributed by atoms with Crippen LogP contribution < -0.4 is 11.1 Å². The van der Waals surface area contributed by atoms with Gasteiger partial charge in [0.25, 0.3) is 5.91 Å². The minimum Gasteiger partial charge on any atom is -0.352 e. The maximum atomic E-state index is 13.9. The molecule has 2 aromatic heterocycles. The number of ketones is 1. The topological polar surface area (TPSA) is 134 Å². The van der Waals surface area contributed by atoms with Gasteiger partial charge in [-0.15, -0.1) is 11.3 Å². The van der Waals surface area contributed by atoms with Gasteiger partial charge >= 0.3 is 0 Å². The van der Waals surface area contributed by atoms with Crippen molar-refractivity contribution in [1.82, 2.24) is 25.2 Å². The molecule has 1 aromatic carbocycles. The van der Waals surface area contributed by atoms with E-state index < -0.39 is 23.4 Å². The van der Waals surface area contributed by atoms with Crippen molar-refractivity contribution in [2.24, 2.45) is 11.7 Å². The molecular formula is C26H31ClN6O4S. The third-order valence-corrected chi connectivity index (χ3v) is 8.97. The number of amides is 2. The molecule has 3 heterocycles. The molecule has 5 rings (SSSR count). The number of Topliss-reactive ketones (excluding diaryl/α,β-unsaturated/α-hetero) is 1. The molecule has 1 aliphatic heterocycles. The van der Waals surface area contributed by atoms with Crippen molar-refractivity contribution in [3.8, 4) is 0 Å². The summed E-state index contributed by atoms with van der Waals surface area (Å²) in [5.74, 6) is -1.42. The summed E-state index contributed by atoms with van der Waals surface area (Å²) in [7, 11) is 4.99. The second kappa shape index (κ2) is 10.4. The Hall–Kier alpha value is -2.83. The lowest BCUT2D eigenvalue weighted by Crippen LogP contribution is -2.66. The van der Waals surface area contributed by atoms with Crippen LogP contribution in [0.25, 0.3) is 10.9 Å². The molecule has 1 saturated carbocycles. The Morgan fingerprint density at radius 3 is 2.89 bits per heavy atom. The number of H-pyrrole nitrogens is 1. The minimum absolute atomic E-state index is 0.195. The lowest BCUT2D eigenvalue weighted by atomic mass is 9.70. The summed E-state index contributed by atoms with van der Waals surface area (Å²) in [6, 6.07) is 6.23. The fraction of sp³-hybridized carbons (Fsp3) is 0.462. The number of nitrogens with zero attached hydrogens (tertiary/aromatic N) is 3. The third-order valence-electron chi connectivity index (χ3n) is 7.65. The summed E-state index contributed by atoms with van der Waals surface area (Å²) < 4.78 is 0. The third kappa shape index (κ3) is 4.96. The highest BCUT2D eigenvalue weighted by Crippen LogP contribution is 2.35. The standard InChI is InChI=1S/C26H31ClN6O4S/c1-32-9-7-18-20(13-32)38-24(30-18)23(35)31-21-12-14(25(36)33(2)37-3)6-8-26(21,28)22(34)19-11-15-10-16(27)4-5-17(15)29-19/h4-5,10-11,14,21,29H,6-9,12-13,28H2,1-3H3,(H,31,35). The van der Waals surface area contributed by atoms with E-state index in [-0.39, 0.29) is 24.5 Å². The van der Waals surface area contributed by atoms with E-state index in [0.29, 0.717) is 22.1 Å². The number of carbonyl (C=O) groups is 3. The molecule has 3 unspecified atom stereocenters.